The number of fused-ring (bicyclic) bond motifs is 1. The van der Waals surface area contributed by atoms with Crippen molar-refractivity contribution in [3.63, 3.8) is 0 Å². The molecule has 0 radical (unpaired) electrons. The van der Waals surface area contributed by atoms with Crippen molar-refractivity contribution >= 4 is 58.4 Å². The molecule has 0 bridgehead atoms. The van der Waals surface area contributed by atoms with Crippen molar-refractivity contribution in [3.05, 3.63) is 262 Å². The van der Waals surface area contributed by atoms with Gasteiger partial charge in [0.1, 0.15) is 0 Å². The molecular formula is C54H40. The fourth-order valence-electron chi connectivity index (χ4n) is 6.85. The Kier molecular flexibility index (Phi) is 10.4. The third-order valence-electron chi connectivity index (χ3n) is 9.67. The van der Waals surface area contributed by atoms with Crippen LogP contribution in [-0.4, -0.2) is 0 Å². The summed E-state index contributed by atoms with van der Waals surface area (Å²) in [6.07, 6.45) is 13.4. The van der Waals surface area contributed by atoms with Gasteiger partial charge in [0.2, 0.25) is 0 Å². The lowest BCUT2D eigenvalue weighted by Gasteiger charge is -2.09. The summed E-state index contributed by atoms with van der Waals surface area (Å²) in [6, 6.07) is 73.2. The van der Waals surface area contributed by atoms with E-state index in [1.807, 2.05) is 0 Å². The molecule has 0 atom stereocenters. The normalized spacial score (nSPS) is 11.2. The van der Waals surface area contributed by atoms with Crippen LogP contribution in [-0.2, 0) is 0 Å². The second-order valence-electron chi connectivity index (χ2n) is 13.4. The topological polar surface area (TPSA) is 0 Å². The van der Waals surface area contributed by atoms with Gasteiger partial charge in [-0.05, 0) is 102 Å². The monoisotopic (exact) mass is 688 g/mol. The summed E-state index contributed by atoms with van der Waals surface area (Å²) in [7, 11) is 0. The van der Waals surface area contributed by atoms with E-state index >= 15 is 0 Å². The van der Waals surface area contributed by atoms with Crippen molar-refractivity contribution < 1.29 is 0 Å². The highest BCUT2D eigenvalue weighted by molar-refractivity contribution is 5.96. The van der Waals surface area contributed by atoms with Crippen LogP contribution in [0.3, 0.4) is 0 Å². The maximum absolute atomic E-state index is 2.28. The van der Waals surface area contributed by atoms with E-state index in [-0.39, 0.29) is 0 Å². The summed E-state index contributed by atoms with van der Waals surface area (Å²) < 4.78 is 0. The molecule has 0 heteroatoms. The van der Waals surface area contributed by atoms with Gasteiger partial charge in [-0.2, -0.15) is 0 Å². The van der Waals surface area contributed by atoms with Crippen LogP contribution in [0.25, 0.3) is 58.4 Å². The molecule has 0 spiro atoms. The molecule has 8 rings (SSSR count). The smallest absolute Gasteiger partial charge is 0.0105 e. The van der Waals surface area contributed by atoms with Crippen LogP contribution in [0.5, 0.6) is 0 Å². The van der Waals surface area contributed by atoms with Gasteiger partial charge in [-0.3, -0.25) is 0 Å². The van der Waals surface area contributed by atoms with Crippen molar-refractivity contribution in [2.24, 2.45) is 0 Å². The molecule has 0 unspecified atom stereocenters. The van der Waals surface area contributed by atoms with Gasteiger partial charge in [-0.15, -0.1) is 0 Å². The Morgan fingerprint density at radius 2 is 0.630 bits per heavy atom. The zero-order valence-corrected chi connectivity index (χ0v) is 30.1. The SMILES string of the molecule is C(=C(c1ccccc1)c1ccccc1)c1ccc(/C=C/c2cc(/C=C/c3ccc(C=C(c4ccccc4)c4ccccc4)cc3)c3ccccc3c2)cc1. The quantitative estimate of drug-likeness (QED) is 0.125. The van der Waals surface area contributed by atoms with Gasteiger partial charge in [0, 0.05) is 0 Å². The summed E-state index contributed by atoms with van der Waals surface area (Å²) >= 11 is 0. The molecule has 0 amide bonds. The zero-order valence-electron chi connectivity index (χ0n) is 30.1. The van der Waals surface area contributed by atoms with E-state index in [2.05, 4.69) is 243 Å². The minimum Gasteiger partial charge on any atom is -0.0622 e. The zero-order chi connectivity index (χ0) is 36.4. The molecule has 0 nitrogen and oxygen atoms in total. The fourth-order valence-corrected chi connectivity index (χ4v) is 6.85. The Bertz CT molecular complexity index is 2490. The fraction of sp³-hybridized carbons (Fsp3) is 0. The van der Waals surface area contributed by atoms with E-state index in [0.29, 0.717) is 0 Å². The van der Waals surface area contributed by atoms with Gasteiger partial charge in [0.15, 0.2) is 0 Å². The van der Waals surface area contributed by atoms with E-state index in [9.17, 15) is 0 Å². The standard InChI is InChI=1S/C54H40/c1-5-15-46(16-6-1)53(47-17-7-2-8-18-47)39-43-30-25-41(26-31-43)29-34-45-37-50-23-13-14-24-52(50)51(38-45)36-35-42-27-32-44(33-28-42)40-54(48-19-9-3-10-20-48)49-21-11-4-12-22-49/h1-40H/b34-29+,36-35+. The van der Waals surface area contributed by atoms with Crippen molar-refractivity contribution in [2.45, 2.75) is 0 Å². The maximum atomic E-state index is 2.28. The molecule has 0 aromatic heterocycles. The van der Waals surface area contributed by atoms with Crippen LogP contribution in [0.4, 0.5) is 0 Å². The van der Waals surface area contributed by atoms with E-state index in [4.69, 9.17) is 0 Å². The summed E-state index contributed by atoms with van der Waals surface area (Å²) in [5, 5.41) is 2.47. The van der Waals surface area contributed by atoms with Gasteiger partial charge < -0.3 is 0 Å². The lowest BCUT2D eigenvalue weighted by atomic mass is 9.95. The molecule has 0 aliphatic carbocycles. The molecule has 54 heavy (non-hydrogen) atoms. The predicted octanol–water partition coefficient (Wildman–Crippen LogP) is 14.4. The average Bonchev–Trinajstić information content (AvgIpc) is 3.25. The number of hydrogen-bond donors (Lipinski definition) is 0. The summed E-state index contributed by atoms with van der Waals surface area (Å²) in [6.45, 7) is 0. The molecule has 0 N–H and O–H groups in total. The van der Waals surface area contributed by atoms with Crippen LogP contribution in [0.15, 0.2) is 206 Å². The Balaban J connectivity index is 1.03. The first-order valence-electron chi connectivity index (χ1n) is 18.5. The minimum atomic E-state index is 1.16. The van der Waals surface area contributed by atoms with E-state index in [1.165, 1.54) is 66.4 Å². The molecule has 8 aromatic carbocycles. The van der Waals surface area contributed by atoms with Crippen LogP contribution < -0.4 is 0 Å². The number of hydrogen-bond acceptors (Lipinski definition) is 0. The minimum absolute atomic E-state index is 1.16. The molecule has 0 heterocycles. The van der Waals surface area contributed by atoms with Gasteiger partial charge >= 0.3 is 0 Å². The molecule has 256 valence electrons. The first-order chi connectivity index (χ1) is 26.7. The second-order valence-corrected chi connectivity index (χ2v) is 13.4. The molecular weight excluding hydrogens is 649 g/mol. The van der Waals surface area contributed by atoms with Crippen molar-refractivity contribution in [2.75, 3.05) is 0 Å². The molecule has 0 aliphatic heterocycles. The van der Waals surface area contributed by atoms with E-state index in [1.54, 1.807) is 0 Å². The van der Waals surface area contributed by atoms with Gasteiger partial charge in [0.25, 0.3) is 0 Å². The van der Waals surface area contributed by atoms with Crippen molar-refractivity contribution in [1.82, 2.24) is 0 Å². The van der Waals surface area contributed by atoms with Crippen LogP contribution in [0.1, 0.15) is 55.6 Å². The second kappa shape index (κ2) is 16.5. The van der Waals surface area contributed by atoms with Gasteiger partial charge in [-0.25, -0.2) is 0 Å². The number of benzene rings is 8. The third kappa shape index (κ3) is 8.37. The largest absolute Gasteiger partial charge is 0.0622 e. The van der Waals surface area contributed by atoms with E-state index in [0.717, 1.165) is 11.1 Å². The highest BCUT2D eigenvalue weighted by Crippen LogP contribution is 2.29. The highest BCUT2D eigenvalue weighted by atomic mass is 14.1. The molecule has 0 saturated carbocycles. The Labute approximate surface area is 319 Å². The Hall–Kier alpha value is -7.02. The molecule has 0 saturated heterocycles. The lowest BCUT2D eigenvalue weighted by Crippen LogP contribution is -1.88. The first-order valence-corrected chi connectivity index (χ1v) is 18.5. The average molecular weight is 689 g/mol. The first kappa shape index (κ1) is 34.1. The van der Waals surface area contributed by atoms with Gasteiger partial charge in [-0.1, -0.05) is 218 Å². The van der Waals surface area contributed by atoms with Crippen LogP contribution in [0, 0.1) is 0 Å². The number of rotatable bonds is 10. The van der Waals surface area contributed by atoms with Crippen LogP contribution >= 0.6 is 0 Å². The highest BCUT2D eigenvalue weighted by Gasteiger charge is 2.07. The Morgan fingerprint density at radius 1 is 0.278 bits per heavy atom. The summed E-state index contributed by atoms with van der Waals surface area (Å²) in [5.41, 5.74) is 14.3. The van der Waals surface area contributed by atoms with Gasteiger partial charge in [0.05, 0.1) is 0 Å². The Morgan fingerprint density at radius 3 is 1.07 bits per heavy atom. The molecule has 0 fully saturated rings. The van der Waals surface area contributed by atoms with Crippen molar-refractivity contribution in [1.29, 1.82) is 0 Å². The predicted molar refractivity (Wildman–Crippen MR) is 234 cm³/mol. The lowest BCUT2D eigenvalue weighted by molar-refractivity contribution is 1.55. The summed E-state index contributed by atoms with van der Waals surface area (Å²) in [4.78, 5) is 0. The maximum Gasteiger partial charge on any atom is -0.0105 e. The van der Waals surface area contributed by atoms with Crippen LogP contribution in [0.2, 0.25) is 0 Å². The third-order valence-corrected chi connectivity index (χ3v) is 9.67. The summed E-state index contributed by atoms with van der Waals surface area (Å²) in [5.74, 6) is 0. The van der Waals surface area contributed by atoms with E-state index < -0.39 is 0 Å². The van der Waals surface area contributed by atoms with Crippen molar-refractivity contribution in [3.8, 4) is 0 Å². The molecule has 0 aliphatic rings. The molecule has 8 aromatic rings.